The fraction of sp³-hybridized carbons (Fsp3) is 1.00. The first kappa shape index (κ1) is 31.5. The summed E-state index contributed by atoms with van der Waals surface area (Å²) in [6.45, 7) is 29.4. The van der Waals surface area contributed by atoms with E-state index in [0.29, 0.717) is 0 Å². The van der Waals surface area contributed by atoms with Crippen molar-refractivity contribution in [3.63, 3.8) is 0 Å². The Morgan fingerprint density at radius 2 is 0.484 bits per heavy atom. The molecule has 0 fully saturated rings. The first-order valence-corrected chi connectivity index (χ1v) is 16.7. The third-order valence-corrected chi connectivity index (χ3v) is 10.8. The Kier molecular flexibility index (Phi) is 17.3. The fourth-order valence-electron chi connectivity index (χ4n) is 6.57. The summed E-state index contributed by atoms with van der Waals surface area (Å²) in [7, 11) is 0. The molecule has 0 amide bonds. The quantitative estimate of drug-likeness (QED) is 0.182. The van der Waals surface area contributed by atoms with E-state index in [1.807, 2.05) is 0 Å². The molecule has 0 unspecified atom stereocenters. The standard InChI is InChI=1S/3C10H21.Al/c3*1-8(2)6-10(5)7-9(3)4;/h3*8-10H,5-7H2,1-4H3;. The van der Waals surface area contributed by atoms with Crippen molar-refractivity contribution in [2.24, 2.45) is 53.3 Å². The molecular weight excluding hydrogens is 387 g/mol. The van der Waals surface area contributed by atoms with E-state index < -0.39 is 14.1 Å². The topological polar surface area (TPSA) is 0 Å². The highest BCUT2D eigenvalue weighted by Crippen LogP contribution is 2.35. The molecule has 0 saturated heterocycles. The third-order valence-electron chi connectivity index (χ3n) is 6.83. The van der Waals surface area contributed by atoms with Crippen LogP contribution in [-0.2, 0) is 0 Å². The van der Waals surface area contributed by atoms with Crippen LogP contribution in [0.25, 0.3) is 0 Å². The highest BCUT2D eigenvalue weighted by atomic mass is 27.2. The van der Waals surface area contributed by atoms with Gasteiger partial charge in [0.25, 0.3) is 14.1 Å². The summed E-state index contributed by atoms with van der Waals surface area (Å²) in [5, 5.41) is 4.86. The van der Waals surface area contributed by atoms with Crippen LogP contribution in [0.15, 0.2) is 0 Å². The first-order valence-electron chi connectivity index (χ1n) is 14.3. The maximum Gasteiger partial charge on any atom is 0.262 e. The zero-order valence-corrected chi connectivity index (χ0v) is 25.3. The van der Waals surface area contributed by atoms with E-state index in [2.05, 4.69) is 83.1 Å². The molecule has 0 aromatic carbocycles. The third kappa shape index (κ3) is 18.6. The molecule has 0 aromatic heterocycles. The lowest BCUT2D eigenvalue weighted by molar-refractivity contribution is 0.344. The minimum Gasteiger partial charge on any atom is -0.0910 e. The van der Waals surface area contributed by atoms with Gasteiger partial charge in [-0.3, -0.25) is 0 Å². The van der Waals surface area contributed by atoms with E-state index in [9.17, 15) is 0 Å². The molecule has 31 heavy (non-hydrogen) atoms. The fourth-order valence-corrected chi connectivity index (χ4v) is 11.1. The molecule has 0 atom stereocenters. The summed E-state index contributed by atoms with van der Waals surface area (Å²) < 4.78 is 0. The van der Waals surface area contributed by atoms with Crippen molar-refractivity contribution in [3.05, 3.63) is 0 Å². The van der Waals surface area contributed by atoms with Gasteiger partial charge >= 0.3 is 0 Å². The highest BCUT2D eigenvalue weighted by molar-refractivity contribution is 6.59. The van der Waals surface area contributed by atoms with Crippen molar-refractivity contribution < 1.29 is 0 Å². The van der Waals surface area contributed by atoms with Crippen molar-refractivity contribution in [1.82, 2.24) is 0 Å². The Morgan fingerprint density at radius 1 is 0.323 bits per heavy atom. The Labute approximate surface area is 204 Å². The minimum atomic E-state index is -0.761. The molecule has 0 aromatic rings. The van der Waals surface area contributed by atoms with Crippen LogP contribution in [0.3, 0.4) is 0 Å². The molecular formula is C30H63Al. The number of hydrogen-bond acceptors (Lipinski definition) is 0. The average molecular weight is 451 g/mol. The van der Waals surface area contributed by atoms with Crippen LogP contribution >= 0.6 is 0 Å². The Bertz CT molecular complexity index is 315. The minimum absolute atomic E-state index is 0.761. The maximum atomic E-state index is 2.45. The van der Waals surface area contributed by atoms with Crippen LogP contribution in [0.2, 0.25) is 15.8 Å². The van der Waals surface area contributed by atoms with Crippen molar-refractivity contribution in [2.75, 3.05) is 0 Å². The highest BCUT2D eigenvalue weighted by Gasteiger charge is 2.30. The second kappa shape index (κ2) is 17.0. The Balaban J connectivity index is 5.59. The van der Waals surface area contributed by atoms with Gasteiger partial charge in [0.15, 0.2) is 0 Å². The molecule has 0 aliphatic heterocycles. The maximum absolute atomic E-state index is 2.45. The predicted octanol–water partition coefficient (Wildman–Crippen LogP) is 10.6. The zero-order valence-electron chi connectivity index (χ0n) is 24.1. The van der Waals surface area contributed by atoms with Gasteiger partial charge in [0.05, 0.1) is 0 Å². The summed E-state index contributed by atoms with van der Waals surface area (Å²) in [5.74, 6) is 8.04. The average Bonchev–Trinajstić information content (AvgIpc) is 2.50. The molecule has 0 bridgehead atoms. The summed E-state index contributed by atoms with van der Waals surface area (Å²) in [6.07, 6.45) is 8.75. The van der Waals surface area contributed by atoms with Crippen LogP contribution in [-0.4, -0.2) is 14.1 Å². The van der Waals surface area contributed by atoms with Gasteiger partial charge < -0.3 is 0 Å². The van der Waals surface area contributed by atoms with Crippen LogP contribution in [0.1, 0.15) is 122 Å². The van der Waals surface area contributed by atoms with Gasteiger partial charge in [0.1, 0.15) is 0 Å². The van der Waals surface area contributed by atoms with E-state index >= 15 is 0 Å². The van der Waals surface area contributed by atoms with E-state index in [0.717, 1.165) is 53.3 Å². The van der Waals surface area contributed by atoms with E-state index in [1.165, 1.54) is 38.5 Å². The smallest absolute Gasteiger partial charge is 0.0910 e. The summed E-state index contributed by atoms with van der Waals surface area (Å²) in [5.41, 5.74) is 0. The lowest BCUT2D eigenvalue weighted by Crippen LogP contribution is -2.27. The molecule has 0 radical (unpaired) electrons. The van der Waals surface area contributed by atoms with E-state index in [1.54, 1.807) is 15.8 Å². The molecule has 0 rings (SSSR count). The second-order valence-corrected chi connectivity index (χ2v) is 17.1. The molecule has 1 heteroatoms. The molecule has 0 aliphatic rings. The molecule has 0 N–H and O–H groups in total. The summed E-state index contributed by atoms with van der Waals surface area (Å²) in [4.78, 5) is 0. The van der Waals surface area contributed by atoms with Gasteiger partial charge in [-0.2, -0.15) is 0 Å². The SMILES string of the molecule is CC(C)CC(CC(C)C)[CH2][Al]([CH2]C(CC(C)C)CC(C)C)[CH2]C(CC(C)C)CC(C)C. The predicted molar refractivity (Wildman–Crippen MR) is 147 cm³/mol. The zero-order chi connectivity index (χ0) is 24.1. The van der Waals surface area contributed by atoms with Crippen molar-refractivity contribution in [3.8, 4) is 0 Å². The van der Waals surface area contributed by atoms with Gasteiger partial charge in [-0.1, -0.05) is 117 Å². The first-order chi connectivity index (χ1) is 14.3. The molecule has 186 valence electrons. The summed E-state index contributed by atoms with van der Waals surface area (Å²) in [6, 6.07) is 0. The largest absolute Gasteiger partial charge is 0.262 e. The monoisotopic (exact) mass is 450 g/mol. The Morgan fingerprint density at radius 3 is 0.613 bits per heavy atom. The van der Waals surface area contributed by atoms with Crippen LogP contribution in [0.4, 0.5) is 0 Å². The van der Waals surface area contributed by atoms with Gasteiger partial charge in [0.2, 0.25) is 0 Å². The normalized spacial score (nSPS) is 13.1. The summed E-state index contributed by atoms with van der Waals surface area (Å²) >= 11 is -0.761. The molecule has 0 heterocycles. The lowest BCUT2D eigenvalue weighted by atomic mass is 9.90. The molecule has 0 spiro atoms. The van der Waals surface area contributed by atoms with Gasteiger partial charge in [-0.05, 0) is 74.0 Å². The Hall–Kier alpha value is 0.532. The number of rotatable bonds is 18. The van der Waals surface area contributed by atoms with Crippen molar-refractivity contribution in [2.45, 2.75) is 137 Å². The van der Waals surface area contributed by atoms with Gasteiger partial charge in [-0.25, -0.2) is 0 Å². The molecule has 0 nitrogen and oxygen atoms in total. The molecule has 0 saturated carbocycles. The van der Waals surface area contributed by atoms with Crippen molar-refractivity contribution in [1.29, 1.82) is 0 Å². The molecule has 0 aliphatic carbocycles. The van der Waals surface area contributed by atoms with Crippen LogP contribution in [0.5, 0.6) is 0 Å². The second-order valence-electron chi connectivity index (χ2n) is 13.9. The van der Waals surface area contributed by atoms with E-state index in [-0.39, 0.29) is 0 Å². The lowest BCUT2D eigenvalue weighted by Gasteiger charge is -2.31. The van der Waals surface area contributed by atoms with Crippen LogP contribution < -0.4 is 0 Å². The number of hydrogen-bond donors (Lipinski definition) is 0. The van der Waals surface area contributed by atoms with Gasteiger partial charge in [-0.15, -0.1) is 0 Å². The van der Waals surface area contributed by atoms with Crippen molar-refractivity contribution >= 4 is 14.1 Å². The van der Waals surface area contributed by atoms with E-state index in [4.69, 9.17) is 0 Å². The van der Waals surface area contributed by atoms with Gasteiger partial charge in [0, 0.05) is 0 Å². The van der Waals surface area contributed by atoms with Crippen LogP contribution in [0, 0.1) is 53.3 Å².